The lowest BCUT2D eigenvalue weighted by Crippen LogP contribution is -2.13. The lowest BCUT2D eigenvalue weighted by Gasteiger charge is -2.19. The van der Waals surface area contributed by atoms with Crippen LogP contribution in [0.2, 0.25) is 0 Å². The van der Waals surface area contributed by atoms with Gasteiger partial charge in [0.2, 0.25) is 5.95 Å². The highest BCUT2D eigenvalue weighted by atomic mass is 19.4. The van der Waals surface area contributed by atoms with E-state index in [4.69, 9.17) is 4.74 Å². The molecule has 33 heavy (non-hydrogen) atoms. The summed E-state index contributed by atoms with van der Waals surface area (Å²) >= 11 is 0. The van der Waals surface area contributed by atoms with E-state index in [9.17, 15) is 13.2 Å². The summed E-state index contributed by atoms with van der Waals surface area (Å²) < 4.78 is 46.6. The molecule has 0 radical (unpaired) electrons. The number of nitrogens with zero attached hydrogens (tertiary/aromatic N) is 2. The minimum Gasteiger partial charge on any atom is -0.493 e. The SMILES string of the molecule is CCC(C)c1ccccc1Nc1nc(Nc2ccc(OCC(C)C)cc2)ncc1C(F)(F)F. The molecule has 1 atom stereocenters. The summed E-state index contributed by atoms with van der Waals surface area (Å²) in [6.45, 7) is 8.79. The van der Waals surface area contributed by atoms with Crippen molar-refractivity contribution in [2.75, 3.05) is 17.2 Å². The quantitative estimate of drug-likeness (QED) is 0.347. The summed E-state index contributed by atoms with van der Waals surface area (Å²) in [5.74, 6) is 1.06. The molecular weight excluding hydrogens is 429 g/mol. The molecule has 0 bridgehead atoms. The van der Waals surface area contributed by atoms with Crippen LogP contribution in [0.3, 0.4) is 0 Å². The average molecular weight is 459 g/mol. The number of ether oxygens (including phenoxy) is 1. The molecule has 3 rings (SSSR count). The lowest BCUT2D eigenvalue weighted by molar-refractivity contribution is -0.137. The molecule has 1 unspecified atom stereocenters. The number of rotatable bonds is 9. The molecule has 176 valence electrons. The molecule has 0 amide bonds. The van der Waals surface area contributed by atoms with Gasteiger partial charge in [-0.2, -0.15) is 18.2 Å². The molecule has 1 heterocycles. The fourth-order valence-corrected chi connectivity index (χ4v) is 3.16. The first-order valence-corrected chi connectivity index (χ1v) is 11.0. The first kappa shape index (κ1) is 24.4. The number of hydrogen-bond donors (Lipinski definition) is 2. The Morgan fingerprint density at radius 2 is 1.67 bits per heavy atom. The van der Waals surface area contributed by atoms with Gasteiger partial charge in [-0.3, -0.25) is 0 Å². The van der Waals surface area contributed by atoms with E-state index in [1.54, 1.807) is 36.4 Å². The zero-order valence-corrected chi connectivity index (χ0v) is 19.2. The van der Waals surface area contributed by atoms with Crippen LogP contribution < -0.4 is 15.4 Å². The fourth-order valence-electron chi connectivity index (χ4n) is 3.16. The van der Waals surface area contributed by atoms with Gasteiger partial charge in [0.25, 0.3) is 0 Å². The molecule has 0 aliphatic rings. The van der Waals surface area contributed by atoms with E-state index in [0.29, 0.717) is 29.6 Å². The minimum atomic E-state index is -4.60. The topological polar surface area (TPSA) is 59.1 Å². The normalized spacial score (nSPS) is 12.5. The van der Waals surface area contributed by atoms with Gasteiger partial charge in [-0.15, -0.1) is 0 Å². The van der Waals surface area contributed by atoms with Crippen molar-refractivity contribution >= 4 is 23.1 Å². The van der Waals surface area contributed by atoms with Gasteiger partial charge < -0.3 is 15.4 Å². The van der Waals surface area contributed by atoms with Gasteiger partial charge in [0.15, 0.2) is 0 Å². The molecule has 8 heteroatoms. The van der Waals surface area contributed by atoms with Crippen LogP contribution >= 0.6 is 0 Å². The van der Waals surface area contributed by atoms with Gasteiger partial charge in [-0.05, 0) is 54.2 Å². The average Bonchev–Trinajstić information content (AvgIpc) is 2.78. The number of nitrogens with one attached hydrogen (secondary N) is 2. The molecule has 2 aromatic carbocycles. The molecule has 0 spiro atoms. The zero-order valence-electron chi connectivity index (χ0n) is 19.2. The fraction of sp³-hybridized carbons (Fsp3) is 0.360. The number of hydrogen-bond acceptors (Lipinski definition) is 5. The van der Waals surface area contributed by atoms with Crippen LogP contribution in [0, 0.1) is 5.92 Å². The zero-order chi connectivity index (χ0) is 24.0. The molecular formula is C25H29F3N4O. The summed E-state index contributed by atoms with van der Waals surface area (Å²) in [5.41, 5.74) is 1.23. The van der Waals surface area contributed by atoms with Crippen molar-refractivity contribution in [3.8, 4) is 5.75 Å². The van der Waals surface area contributed by atoms with Crippen LogP contribution in [0.5, 0.6) is 5.75 Å². The second-order valence-electron chi connectivity index (χ2n) is 8.33. The van der Waals surface area contributed by atoms with E-state index in [0.717, 1.165) is 18.2 Å². The van der Waals surface area contributed by atoms with E-state index in [1.807, 2.05) is 26.0 Å². The third-order valence-corrected chi connectivity index (χ3v) is 5.15. The molecule has 0 aliphatic heterocycles. The third-order valence-electron chi connectivity index (χ3n) is 5.15. The standard InChI is InChI=1S/C25H29F3N4O/c1-5-17(4)20-8-6-7-9-22(20)31-23-21(25(26,27)28)14-29-24(32-23)30-18-10-12-19(13-11-18)33-15-16(2)3/h6-14,16-17H,5,15H2,1-4H3,(H2,29,30,31,32). The smallest absolute Gasteiger partial charge is 0.421 e. The first-order chi connectivity index (χ1) is 15.7. The molecule has 3 aromatic rings. The van der Waals surface area contributed by atoms with Gasteiger partial charge in [0.05, 0.1) is 6.61 Å². The molecule has 5 nitrogen and oxygen atoms in total. The molecule has 2 N–H and O–H groups in total. The number of aromatic nitrogens is 2. The highest BCUT2D eigenvalue weighted by Crippen LogP contribution is 2.37. The predicted molar refractivity (Wildman–Crippen MR) is 126 cm³/mol. The van der Waals surface area contributed by atoms with E-state index >= 15 is 0 Å². The van der Waals surface area contributed by atoms with Crippen molar-refractivity contribution in [1.82, 2.24) is 9.97 Å². The second-order valence-corrected chi connectivity index (χ2v) is 8.33. The molecule has 0 fully saturated rings. The van der Waals surface area contributed by atoms with Crippen molar-refractivity contribution in [2.24, 2.45) is 5.92 Å². The maximum atomic E-state index is 13.7. The van der Waals surface area contributed by atoms with Gasteiger partial charge >= 0.3 is 6.18 Å². The number of halogens is 3. The van der Waals surface area contributed by atoms with Crippen molar-refractivity contribution < 1.29 is 17.9 Å². The van der Waals surface area contributed by atoms with Gasteiger partial charge in [0, 0.05) is 17.6 Å². The van der Waals surface area contributed by atoms with E-state index in [-0.39, 0.29) is 17.7 Å². The van der Waals surface area contributed by atoms with Gasteiger partial charge in [0.1, 0.15) is 17.1 Å². The first-order valence-electron chi connectivity index (χ1n) is 11.0. The van der Waals surface area contributed by atoms with Crippen molar-refractivity contribution in [3.63, 3.8) is 0 Å². The number of alkyl halides is 3. The molecule has 0 aliphatic carbocycles. The Bertz CT molecular complexity index is 1050. The maximum Gasteiger partial charge on any atom is 0.421 e. The Morgan fingerprint density at radius 1 is 0.970 bits per heavy atom. The van der Waals surface area contributed by atoms with E-state index < -0.39 is 11.7 Å². The van der Waals surface area contributed by atoms with E-state index in [2.05, 4.69) is 34.4 Å². The highest BCUT2D eigenvalue weighted by Gasteiger charge is 2.35. The Balaban J connectivity index is 1.87. The Morgan fingerprint density at radius 3 is 2.30 bits per heavy atom. The van der Waals surface area contributed by atoms with Crippen LogP contribution in [0.15, 0.2) is 54.7 Å². The van der Waals surface area contributed by atoms with Crippen LogP contribution in [0.25, 0.3) is 0 Å². The molecule has 0 saturated carbocycles. The lowest BCUT2D eigenvalue weighted by atomic mass is 9.97. The summed E-state index contributed by atoms with van der Waals surface area (Å²) in [6, 6.07) is 14.4. The molecule has 1 aromatic heterocycles. The summed E-state index contributed by atoms with van der Waals surface area (Å²) in [4.78, 5) is 8.04. The van der Waals surface area contributed by atoms with Crippen LogP contribution in [-0.4, -0.2) is 16.6 Å². The number of benzene rings is 2. The highest BCUT2D eigenvalue weighted by molar-refractivity contribution is 5.66. The Hall–Kier alpha value is -3.29. The van der Waals surface area contributed by atoms with Crippen LogP contribution in [-0.2, 0) is 6.18 Å². The number of anilines is 4. The third kappa shape index (κ3) is 6.60. The molecule has 0 saturated heterocycles. The van der Waals surface area contributed by atoms with Crippen LogP contribution in [0.4, 0.5) is 36.3 Å². The summed E-state index contributed by atoms with van der Waals surface area (Å²) in [7, 11) is 0. The number of para-hydroxylation sites is 1. The second kappa shape index (κ2) is 10.6. The minimum absolute atomic E-state index is 0.0577. The van der Waals surface area contributed by atoms with Crippen molar-refractivity contribution in [1.29, 1.82) is 0 Å². The Kier molecular flexibility index (Phi) is 7.79. The van der Waals surface area contributed by atoms with Gasteiger partial charge in [-0.25, -0.2) is 4.98 Å². The Labute approximate surface area is 192 Å². The monoisotopic (exact) mass is 458 g/mol. The van der Waals surface area contributed by atoms with Crippen molar-refractivity contribution in [3.05, 3.63) is 65.9 Å². The summed E-state index contributed by atoms with van der Waals surface area (Å²) in [5, 5.41) is 5.86. The van der Waals surface area contributed by atoms with E-state index in [1.165, 1.54) is 0 Å². The van der Waals surface area contributed by atoms with Gasteiger partial charge in [-0.1, -0.05) is 45.9 Å². The predicted octanol–water partition coefficient (Wildman–Crippen LogP) is 7.53. The maximum absolute atomic E-state index is 13.7. The summed E-state index contributed by atoms with van der Waals surface area (Å²) in [6.07, 6.45) is -2.94. The van der Waals surface area contributed by atoms with Crippen LogP contribution in [0.1, 0.15) is 51.2 Å². The van der Waals surface area contributed by atoms with Crippen molar-refractivity contribution in [2.45, 2.75) is 46.2 Å². The largest absolute Gasteiger partial charge is 0.493 e.